The molecule has 3 N–H and O–H groups in total. The summed E-state index contributed by atoms with van der Waals surface area (Å²) in [4.78, 5) is 31.6. The smallest absolute Gasteiger partial charge is 0.279 e. The van der Waals surface area contributed by atoms with Gasteiger partial charge in [0.05, 0.1) is 12.1 Å². The van der Waals surface area contributed by atoms with Gasteiger partial charge in [-0.1, -0.05) is 18.2 Å². The summed E-state index contributed by atoms with van der Waals surface area (Å²) in [5.41, 5.74) is 6.62. The van der Waals surface area contributed by atoms with E-state index >= 15 is 0 Å². The first-order chi connectivity index (χ1) is 11.5. The van der Waals surface area contributed by atoms with Crippen LogP contribution in [0.4, 0.5) is 5.13 Å². The minimum atomic E-state index is -0.474. The summed E-state index contributed by atoms with van der Waals surface area (Å²) in [7, 11) is 0. The third-order valence-corrected chi connectivity index (χ3v) is 3.97. The Hall–Kier alpha value is -3.00. The molecule has 3 aromatic rings. The zero-order valence-corrected chi connectivity index (χ0v) is 13.6. The summed E-state index contributed by atoms with van der Waals surface area (Å²) in [5.74, 6) is -0.0940. The second-order valence-electron chi connectivity index (χ2n) is 5.03. The number of anilines is 1. The number of hydrogen-bond acceptors (Lipinski definition) is 6. The van der Waals surface area contributed by atoms with Gasteiger partial charge < -0.3 is 10.2 Å². The van der Waals surface area contributed by atoms with Gasteiger partial charge in [0.1, 0.15) is 5.76 Å². The molecule has 0 radical (unpaired) electrons. The number of carbonyl (C=O) groups is 2. The second-order valence-corrected chi connectivity index (χ2v) is 5.89. The third kappa shape index (κ3) is 3.49. The first-order valence-corrected chi connectivity index (χ1v) is 7.98. The van der Waals surface area contributed by atoms with Crippen LogP contribution in [0.3, 0.4) is 0 Å². The number of rotatable bonds is 5. The molecule has 24 heavy (non-hydrogen) atoms. The Kier molecular flexibility index (Phi) is 4.39. The number of primary amides is 1. The van der Waals surface area contributed by atoms with Crippen molar-refractivity contribution in [3.8, 4) is 11.5 Å². The number of benzene rings is 1. The topological polar surface area (TPSA) is 111 Å². The average molecular weight is 342 g/mol. The molecule has 0 atom stereocenters. The van der Waals surface area contributed by atoms with Crippen molar-refractivity contribution in [2.75, 3.05) is 5.32 Å². The van der Waals surface area contributed by atoms with Gasteiger partial charge in [-0.05, 0) is 19.1 Å². The fourth-order valence-corrected chi connectivity index (χ4v) is 2.80. The van der Waals surface area contributed by atoms with E-state index in [1.54, 1.807) is 12.3 Å². The number of oxazole rings is 1. The lowest BCUT2D eigenvalue weighted by molar-refractivity contribution is -0.117. The van der Waals surface area contributed by atoms with Gasteiger partial charge in [0.2, 0.25) is 11.8 Å². The fraction of sp³-hybridized carbons (Fsp3) is 0.125. The van der Waals surface area contributed by atoms with Gasteiger partial charge in [-0.2, -0.15) is 0 Å². The molecule has 1 aromatic carbocycles. The normalized spacial score (nSPS) is 10.5. The number of thiazole rings is 1. The van der Waals surface area contributed by atoms with Crippen LogP contribution in [-0.2, 0) is 11.2 Å². The van der Waals surface area contributed by atoms with Crippen molar-refractivity contribution in [2.45, 2.75) is 13.3 Å². The minimum Gasteiger partial charge on any atom is -0.441 e. The number of aromatic nitrogens is 2. The monoisotopic (exact) mass is 342 g/mol. The van der Waals surface area contributed by atoms with Gasteiger partial charge in [0.15, 0.2) is 10.8 Å². The number of hydrogen-bond donors (Lipinski definition) is 2. The maximum Gasteiger partial charge on any atom is 0.279 e. The summed E-state index contributed by atoms with van der Waals surface area (Å²) < 4.78 is 5.57. The van der Waals surface area contributed by atoms with Gasteiger partial charge in [-0.25, -0.2) is 9.97 Å². The molecule has 2 heterocycles. The van der Waals surface area contributed by atoms with Crippen molar-refractivity contribution < 1.29 is 14.0 Å². The van der Waals surface area contributed by atoms with Crippen LogP contribution in [-0.4, -0.2) is 21.8 Å². The van der Waals surface area contributed by atoms with Crippen LogP contribution in [0, 0.1) is 6.92 Å². The Bertz CT molecular complexity index is 886. The maximum absolute atomic E-state index is 12.4. The van der Waals surface area contributed by atoms with Crippen LogP contribution in [0.2, 0.25) is 0 Å². The molecule has 2 amide bonds. The Morgan fingerprint density at radius 3 is 2.71 bits per heavy atom. The van der Waals surface area contributed by atoms with Crippen molar-refractivity contribution in [3.05, 3.63) is 52.9 Å². The van der Waals surface area contributed by atoms with Crippen LogP contribution in [0.1, 0.15) is 21.9 Å². The Labute approximate surface area is 141 Å². The van der Waals surface area contributed by atoms with Crippen molar-refractivity contribution >= 4 is 28.3 Å². The van der Waals surface area contributed by atoms with Crippen LogP contribution in [0.25, 0.3) is 11.5 Å². The number of nitrogens with two attached hydrogens (primary N) is 1. The molecule has 0 aliphatic rings. The van der Waals surface area contributed by atoms with E-state index in [1.165, 1.54) is 11.3 Å². The summed E-state index contributed by atoms with van der Waals surface area (Å²) >= 11 is 1.21. The van der Waals surface area contributed by atoms with E-state index in [0.29, 0.717) is 22.5 Å². The van der Waals surface area contributed by atoms with Crippen molar-refractivity contribution in [2.24, 2.45) is 5.73 Å². The van der Waals surface area contributed by atoms with Crippen molar-refractivity contribution in [1.29, 1.82) is 0 Å². The molecule has 0 saturated carbocycles. The fourth-order valence-electron chi connectivity index (χ4n) is 2.09. The van der Waals surface area contributed by atoms with E-state index in [2.05, 4.69) is 15.3 Å². The number of carbonyl (C=O) groups excluding carboxylic acids is 2. The molecule has 0 bridgehead atoms. The molecule has 3 rings (SSSR count). The minimum absolute atomic E-state index is 0.0352. The maximum atomic E-state index is 12.4. The SMILES string of the molecule is Cc1oc(-c2ccccc2)nc1C(=O)Nc1nc(CC(N)=O)cs1. The van der Waals surface area contributed by atoms with Crippen molar-refractivity contribution in [1.82, 2.24) is 9.97 Å². The van der Waals surface area contributed by atoms with Crippen molar-refractivity contribution in [3.63, 3.8) is 0 Å². The van der Waals surface area contributed by atoms with E-state index in [4.69, 9.17) is 10.2 Å². The summed E-state index contributed by atoms with van der Waals surface area (Å²) in [6.45, 7) is 1.68. The Morgan fingerprint density at radius 2 is 2.00 bits per heavy atom. The highest BCUT2D eigenvalue weighted by Gasteiger charge is 2.19. The molecule has 0 spiro atoms. The standard InChI is InChI=1S/C16H14N4O3S/c1-9-13(19-15(23-9)10-5-3-2-4-6-10)14(22)20-16-18-11(8-24-16)7-12(17)21/h2-6,8H,7H2,1H3,(H2,17,21)(H,18,20,22). The lowest BCUT2D eigenvalue weighted by Gasteiger charge is -1.98. The quantitative estimate of drug-likeness (QED) is 0.739. The highest BCUT2D eigenvalue weighted by molar-refractivity contribution is 7.14. The van der Waals surface area contributed by atoms with Gasteiger partial charge >= 0.3 is 0 Å². The highest BCUT2D eigenvalue weighted by atomic mass is 32.1. The predicted molar refractivity (Wildman–Crippen MR) is 89.6 cm³/mol. The zero-order chi connectivity index (χ0) is 17.1. The average Bonchev–Trinajstić information content (AvgIpc) is 3.14. The van der Waals surface area contributed by atoms with Crippen LogP contribution >= 0.6 is 11.3 Å². The Morgan fingerprint density at radius 1 is 1.25 bits per heavy atom. The van der Waals surface area contributed by atoms with E-state index in [1.807, 2.05) is 30.3 Å². The summed E-state index contributed by atoms with van der Waals surface area (Å²) in [6, 6.07) is 9.32. The molecule has 0 aliphatic carbocycles. The molecule has 0 aliphatic heterocycles. The predicted octanol–water partition coefficient (Wildman–Crippen LogP) is 2.39. The molecule has 0 saturated heterocycles. The highest BCUT2D eigenvalue weighted by Crippen LogP contribution is 2.23. The van der Waals surface area contributed by atoms with Gasteiger partial charge in [0, 0.05) is 10.9 Å². The first kappa shape index (κ1) is 15.9. The van der Waals surface area contributed by atoms with Crippen LogP contribution in [0.15, 0.2) is 40.1 Å². The number of aryl methyl sites for hydroxylation is 1. The van der Waals surface area contributed by atoms with Crippen LogP contribution in [0.5, 0.6) is 0 Å². The molecule has 7 nitrogen and oxygen atoms in total. The zero-order valence-electron chi connectivity index (χ0n) is 12.8. The number of nitrogens with one attached hydrogen (secondary N) is 1. The molecule has 8 heteroatoms. The third-order valence-electron chi connectivity index (χ3n) is 3.16. The van der Waals surface area contributed by atoms with E-state index < -0.39 is 11.8 Å². The van der Waals surface area contributed by atoms with E-state index in [0.717, 1.165) is 5.56 Å². The number of nitrogens with zero attached hydrogens (tertiary/aromatic N) is 2. The first-order valence-electron chi connectivity index (χ1n) is 7.10. The lowest BCUT2D eigenvalue weighted by Crippen LogP contribution is -2.15. The molecule has 2 aromatic heterocycles. The lowest BCUT2D eigenvalue weighted by atomic mass is 10.2. The van der Waals surface area contributed by atoms with Gasteiger partial charge in [-0.15, -0.1) is 11.3 Å². The second kappa shape index (κ2) is 6.63. The summed E-state index contributed by atoms with van der Waals surface area (Å²) in [5, 5.41) is 4.70. The molecular formula is C16H14N4O3S. The molecule has 0 unspecified atom stereocenters. The van der Waals surface area contributed by atoms with E-state index in [-0.39, 0.29) is 12.1 Å². The van der Waals surface area contributed by atoms with E-state index in [9.17, 15) is 9.59 Å². The summed E-state index contributed by atoms with van der Waals surface area (Å²) in [6.07, 6.45) is 0.0352. The Balaban J connectivity index is 1.77. The van der Waals surface area contributed by atoms with Crippen LogP contribution < -0.4 is 11.1 Å². The molecular weight excluding hydrogens is 328 g/mol. The molecule has 122 valence electrons. The number of amides is 2. The largest absolute Gasteiger partial charge is 0.441 e. The molecule has 0 fully saturated rings. The van der Waals surface area contributed by atoms with Gasteiger partial charge in [0.25, 0.3) is 5.91 Å². The van der Waals surface area contributed by atoms with Gasteiger partial charge in [-0.3, -0.25) is 14.9 Å².